The Hall–Kier alpha value is -3.35. The van der Waals surface area contributed by atoms with Crippen LogP contribution in [0.15, 0.2) is 58.1 Å². The molecule has 25 heavy (non-hydrogen) atoms. The number of carbonyl (C=O) groups excluding carboxylic acids is 1. The molecule has 1 aromatic heterocycles. The lowest BCUT2D eigenvalue weighted by molar-refractivity contribution is -0.132. The summed E-state index contributed by atoms with van der Waals surface area (Å²) in [5.74, 6) is -0.520. The minimum atomic E-state index is -1.22. The molecule has 0 bridgehead atoms. The minimum absolute atomic E-state index is 0.0413. The molecule has 2 aromatic rings. The van der Waals surface area contributed by atoms with E-state index in [9.17, 15) is 14.7 Å². The maximum absolute atomic E-state index is 12.4. The lowest BCUT2D eigenvalue weighted by atomic mass is 10.00. The van der Waals surface area contributed by atoms with Gasteiger partial charge in [0.1, 0.15) is 23.0 Å². The second kappa shape index (κ2) is 6.64. The van der Waals surface area contributed by atoms with Crippen molar-refractivity contribution in [2.75, 3.05) is 0 Å². The zero-order valence-electron chi connectivity index (χ0n) is 13.4. The molecule has 3 rings (SSSR count). The number of benzene rings is 1. The van der Waals surface area contributed by atoms with E-state index in [4.69, 9.17) is 9.52 Å². The average Bonchev–Trinajstić information content (AvgIpc) is 3.19. The molecule has 1 atom stereocenters. The van der Waals surface area contributed by atoms with Crippen molar-refractivity contribution in [1.82, 2.24) is 5.01 Å². The van der Waals surface area contributed by atoms with Crippen LogP contribution in [0.3, 0.4) is 0 Å². The van der Waals surface area contributed by atoms with E-state index in [-0.39, 0.29) is 5.75 Å². The number of aromatic hydroxyl groups is 1. The van der Waals surface area contributed by atoms with Gasteiger partial charge in [-0.1, -0.05) is 18.2 Å². The smallest absolute Gasteiger partial charge is 0.328 e. The summed E-state index contributed by atoms with van der Waals surface area (Å²) in [5.41, 5.74) is 1.08. The number of hydrogen-bond acceptors (Lipinski definition) is 5. The summed E-state index contributed by atoms with van der Waals surface area (Å²) in [6.45, 7) is 1.80. The van der Waals surface area contributed by atoms with E-state index >= 15 is 0 Å². The Balaban J connectivity index is 1.97. The van der Waals surface area contributed by atoms with E-state index in [1.54, 1.807) is 37.3 Å². The van der Waals surface area contributed by atoms with Crippen molar-refractivity contribution in [2.24, 2.45) is 5.10 Å². The first-order valence-electron chi connectivity index (χ1n) is 7.62. The maximum Gasteiger partial charge on any atom is 0.328 e. The van der Waals surface area contributed by atoms with Crippen LogP contribution in [0.1, 0.15) is 29.5 Å². The van der Waals surface area contributed by atoms with Gasteiger partial charge in [0.05, 0.1) is 6.04 Å². The predicted octanol–water partition coefficient (Wildman–Crippen LogP) is 2.61. The second-order valence-electron chi connectivity index (χ2n) is 5.59. The predicted molar refractivity (Wildman–Crippen MR) is 89.1 cm³/mol. The van der Waals surface area contributed by atoms with Gasteiger partial charge in [-0.05, 0) is 25.1 Å². The molecule has 128 valence electrons. The SMILES string of the molecule is Cc1ccc(C2=NN(C(=O)C=CC(=O)O)C(c3ccccc3O)C2)o1. The van der Waals surface area contributed by atoms with Crippen LogP contribution in [0, 0.1) is 6.92 Å². The number of aryl methyl sites for hydroxylation is 1. The number of rotatable bonds is 4. The Morgan fingerprint density at radius 2 is 2.00 bits per heavy atom. The molecular weight excluding hydrogens is 324 g/mol. The van der Waals surface area contributed by atoms with Crippen molar-refractivity contribution < 1.29 is 24.2 Å². The average molecular weight is 340 g/mol. The fourth-order valence-electron chi connectivity index (χ4n) is 2.68. The monoisotopic (exact) mass is 340 g/mol. The van der Waals surface area contributed by atoms with Gasteiger partial charge in [-0.15, -0.1) is 0 Å². The highest BCUT2D eigenvalue weighted by atomic mass is 16.4. The Kier molecular flexibility index (Phi) is 4.38. The van der Waals surface area contributed by atoms with E-state index in [1.165, 1.54) is 11.1 Å². The first kappa shape index (κ1) is 16.5. The molecule has 0 saturated heterocycles. The van der Waals surface area contributed by atoms with E-state index in [0.717, 1.165) is 12.2 Å². The molecule has 2 heterocycles. The van der Waals surface area contributed by atoms with E-state index in [2.05, 4.69) is 5.10 Å². The summed E-state index contributed by atoms with van der Waals surface area (Å²) in [4.78, 5) is 23.0. The number of carboxylic acids is 1. The third kappa shape index (κ3) is 3.45. The fraction of sp³-hybridized carbons (Fsp3) is 0.167. The van der Waals surface area contributed by atoms with Crippen molar-refractivity contribution in [1.29, 1.82) is 0 Å². The van der Waals surface area contributed by atoms with Crippen LogP contribution in [0.25, 0.3) is 0 Å². The Morgan fingerprint density at radius 1 is 1.24 bits per heavy atom. The number of carboxylic acid groups (broad SMARTS) is 1. The fourth-order valence-corrected chi connectivity index (χ4v) is 2.68. The number of phenols is 1. The maximum atomic E-state index is 12.4. The van der Waals surface area contributed by atoms with E-state index in [0.29, 0.717) is 29.2 Å². The van der Waals surface area contributed by atoms with Gasteiger partial charge in [-0.25, -0.2) is 9.80 Å². The van der Waals surface area contributed by atoms with Crippen molar-refractivity contribution >= 4 is 17.6 Å². The number of nitrogens with zero attached hydrogens (tertiary/aromatic N) is 2. The molecule has 1 unspecified atom stereocenters. The summed E-state index contributed by atoms with van der Waals surface area (Å²) in [7, 11) is 0. The summed E-state index contributed by atoms with van der Waals surface area (Å²) < 4.78 is 5.56. The number of aliphatic carboxylic acids is 1. The number of phenolic OH excluding ortho intramolecular Hbond substituents is 1. The molecule has 1 amide bonds. The third-order valence-electron chi connectivity index (χ3n) is 3.83. The van der Waals surface area contributed by atoms with Crippen LogP contribution in [0.4, 0.5) is 0 Å². The number of hydrazone groups is 1. The number of amides is 1. The standard InChI is InChI=1S/C18H16N2O5/c1-11-6-7-16(25-11)13-10-14(12-4-2-3-5-15(12)21)20(19-13)17(22)8-9-18(23)24/h2-9,14,21H,10H2,1H3,(H,23,24). The number of para-hydroxylation sites is 1. The molecule has 0 radical (unpaired) electrons. The van der Waals surface area contributed by atoms with Crippen molar-refractivity contribution in [2.45, 2.75) is 19.4 Å². The zero-order valence-corrected chi connectivity index (χ0v) is 13.4. The molecule has 1 aliphatic heterocycles. The molecule has 1 aliphatic rings. The van der Waals surface area contributed by atoms with Gasteiger partial charge in [0.25, 0.3) is 5.91 Å². The Bertz CT molecular complexity index is 881. The van der Waals surface area contributed by atoms with Gasteiger partial charge in [0.15, 0.2) is 0 Å². The van der Waals surface area contributed by atoms with Gasteiger partial charge in [-0.2, -0.15) is 5.10 Å². The molecule has 0 aliphatic carbocycles. The second-order valence-corrected chi connectivity index (χ2v) is 5.59. The van der Waals surface area contributed by atoms with Crippen LogP contribution in [-0.4, -0.2) is 32.8 Å². The number of furan rings is 1. The number of hydrogen-bond donors (Lipinski definition) is 2. The van der Waals surface area contributed by atoms with Gasteiger partial charge < -0.3 is 14.6 Å². The molecule has 1 aromatic carbocycles. The van der Waals surface area contributed by atoms with Crippen LogP contribution in [0.5, 0.6) is 5.75 Å². The van der Waals surface area contributed by atoms with Gasteiger partial charge >= 0.3 is 5.97 Å². The van der Waals surface area contributed by atoms with Crippen LogP contribution in [-0.2, 0) is 9.59 Å². The first-order valence-corrected chi connectivity index (χ1v) is 7.62. The lowest BCUT2D eigenvalue weighted by Crippen LogP contribution is -2.25. The molecule has 7 heteroatoms. The quantitative estimate of drug-likeness (QED) is 0.833. The van der Waals surface area contributed by atoms with Crippen LogP contribution < -0.4 is 0 Å². The summed E-state index contributed by atoms with van der Waals surface area (Å²) in [5, 5.41) is 24.3. The van der Waals surface area contributed by atoms with Gasteiger partial charge in [0.2, 0.25) is 0 Å². The largest absolute Gasteiger partial charge is 0.508 e. The Morgan fingerprint density at radius 3 is 2.64 bits per heavy atom. The van der Waals surface area contributed by atoms with Crippen molar-refractivity contribution in [3.05, 3.63) is 65.6 Å². The summed E-state index contributed by atoms with van der Waals surface area (Å²) >= 11 is 0. The molecule has 0 fully saturated rings. The summed E-state index contributed by atoms with van der Waals surface area (Å²) in [6, 6.07) is 9.67. The molecule has 7 nitrogen and oxygen atoms in total. The van der Waals surface area contributed by atoms with Crippen molar-refractivity contribution in [3.63, 3.8) is 0 Å². The normalized spacial score (nSPS) is 17.1. The van der Waals surface area contributed by atoms with E-state index in [1.807, 2.05) is 0 Å². The van der Waals surface area contributed by atoms with E-state index < -0.39 is 17.9 Å². The van der Waals surface area contributed by atoms with Gasteiger partial charge in [-0.3, -0.25) is 4.79 Å². The van der Waals surface area contributed by atoms with Crippen LogP contribution in [0.2, 0.25) is 0 Å². The highest BCUT2D eigenvalue weighted by Crippen LogP contribution is 2.37. The third-order valence-corrected chi connectivity index (χ3v) is 3.83. The van der Waals surface area contributed by atoms with Crippen molar-refractivity contribution in [3.8, 4) is 5.75 Å². The molecular formula is C18H16N2O5. The topological polar surface area (TPSA) is 103 Å². The first-order chi connectivity index (χ1) is 12.0. The highest BCUT2D eigenvalue weighted by Gasteiger charge is 2.34. The Labute approximate surface area is 143 Å². The molecule has 0 saturated carbocycles. The van der Waals surface area contributed by atoms with Gasteiger partial charge in [0, 0.05) is 24.1 Å². The molecule has 0 spiro atoms. The minimum Gasteiger partial charge on any atom is -0.508 e. The highest BCUT2D eigenvalue weighted by molar-refractivity contribution is 6.03. The lowest BCUT2D eigenvalue weighted by Gasteiger charge is -2.21. The molecule has 2 N–H and O–H groups in total. The summed E-state index contributed by atoms with van der Waals surface area (Å²) in [6.07, 6.45) is 2.04. The van der Waals surface area contributed by atoms with Crippen LogP contribution >= 0.6 is 0 Å². The zero-order chi connectivity index (χ0) is 18.0. The number of carbonyl (C=O) groups is 2.